The SMILES string of the molecule is CCSCCCN1CC(C)(C2CC2)NCC1(C)C1CC1. The zero-order chi connectivity index (χ0) is 14.2. The zero-order valence-corrected chi connectivity index (χ0v) is 14.4. The van der Waals surface area contributed by atoms with E-state index in [1.807, 2.05) is 0 Å². The number of nitrogens with one attached hydrogen (secondary N) is 1. The number of hydrogen-bond acceptors (Lipinski definition) is 3. The van der Waals surface area contributed by atoms with E-state index in [-0.39, 0.29) is 0 Å². The van der Waals surface area contributed by atoms with Crippen LogP contribution in [0.5, 0.6) is 0 Å². The molecular weight excluding hydrogens is 264 g/mol. The van der Waals surface area contributed by atoms with Crippen molar-refractivity contribution in [2.75, 3.05) is 31.1 Å². The molecule has 0 aromatic heterocycles. The van der Waals surface area contributed by atoms with Gasteiger partial charge in [0, 0.05) is 24.2 Å². The summed E-state index contributed by atoms with van der Waals surface area (Å²) >= 11 is 2.10. The molecule has 0 aromatic rings. The van der Waals surface area contributed by atoms with Gasteiger partial charge in [0.1, 0.15) is 0 Å². The average molecular weight is 297 g/mol. The minimum absolute atomic E-state index is 0.395. The molecule has 0 radical (unpaired) electrons. The average Bonchev–Trinajstić information content (AvgIpc) is 3.31. The van der Waals surface area contributed by atoms with E-state index in [2.05, 4.69) is 42.7 Å². The molecule has 1 aliphatic heterocycles. The molecule has 2 nitrogen and oxygen atoms in total. The van der Waals surface area contributed by atoms with Crippen molar-refractivity contribution in [2.45, 2.75) is 64.0 Å². The Morgan fingerprint density at radius 3 is 2.45 bits per heavy atom. The molecule has 116 valence electrons. The lowest BCUT2D eigenvalue weighted by Gasteiger charge is -2.53. The van der Waals surface area contributed by atoms with Gasteiger partial charge in [0.2, 0.25) is 0 Å². The van der Waals surface area contributed by atoms with E-state index in [0.717, 1.165) is 11.8 Å². The molecule has 0 bridgehead atoms. The Morgan fingerprint density at radius 2 is 1.85 bits per heavy atom. The van der Waals surface area contributed by atoms with Gasteiger partial charge in [0.15, 0.2) is 0 Å². The summed E-state index contributed by atoms with van der Waals surface area (Å²) < 4.78 is 0. The molecular formula is C17H32N2S. The largest absolute Gasteiger partial charge is 0.308 e. The summed E-state index contributed by atoms with van der Waals surface area (Å²) in [6.07, 6.45) is 7.17. The number of thioether (sulfide) groups is 1. The zero-order valence-electron chi connectivity index (χ0n) is 13.6. The Morgan fingerprint density at radius 1 is 1.15 bits per heavy atom. The van der Waals surface area contributed by atoms with E-state index in [1.165, 1.54) is 63.2 Å². The van der Waals surface area contributed by atoms with E-state index in [0.29, 0.717) is 11.1 Å². The molecule has 3 aliphatic rings. The fourth-order valence-electron chi connectivity index (χ4n) is 4.06. The highest BCUT2D eigenvalue weighted by Gasteiger charge is 2.53. The van der Waals surface area contributed by atoms with E-state index in [9.17, 15) is 0 Å². The fraction of sp³-hybridized carbons (Fsp3) is 1.00. The predicted molar refractivity (Wildman–Crippen MR) is 89.4 cm³/mol. The van der Waals surface area contributed by atoms with Crippen LogP contribution < -0.4 is 5.32 Å². The van der Waals surface area contributed by atoms with Gasteiger partial charge in [-0.25, -0.2) is 0 Å². The van der Waals surface area contributed by atoms with Gasteiger partial charge < -0.3 is 5.32 Å². The third-order valence-electron chi connectivity index (χ3n) is 5.95. The lowest BCUT2D eigenvalue weighted by atomic mass is 9.83. The maximum atomic E-state index is 3.95. The van der Waals surface area contributed by atoms with Crippen molar-refractivity contribution < 1.29 is 0 Å². The maximum absolute atomic E-state index is 3.95. The molecule has 3 fully saturated rings. The first-order valence-electron chi connectivity index (χ1n) is 8.66. The number of nitrogens with zero attached hydrogens (tertiary/aromatic N) is 1. The first-order valence-corrected chi connectivity index (χ1v) is 9.82. The molecule has 3 heteroatoms. The van der Waals surface area contributed by atoms with Crippen LogP contribution in [-0.4, -0.2) is 47.1 Å². The molecule has 0 spiro atoms. The Balaban J connectivity index is 1.62. The standard InChI is InChI=1S/C17H32N2S/c1-4-20-11-5-10-19-13-16(2,14-6-7-14)18-12-17(19,3)15-8-9-15/h14-15,18H,4-13H2,1-3H3. The molecule has 3 rings (SSSR count). The molecule has 2 unspecified atom stereocenters. The summed E-state index contributed by atoms with van der Waals surface area (Å²) in [4.78, 5) is 2.87. The van der Waals surface area contributed by atoms with Crippen LogP contribution in [0.2, 0.25) is 0 Å². The van der Waals surface area contributed by atoms with Crippen LogP contribution in [-0.2, 0) is 0 Å². The molecule has 0 amide bonds. The van der Waals surface area contributed by atoms with Crippen molar-refractivity contribution in [2.24, 2.45) is 11.8 Å². The molecule has 0 aromatic carbocycles. The molecule has 1 saturated heterocycles. The van der Waals surface area contributed by atoms with E-state index in [1.54, 1.807) is 0 Å². The second-order valence-corrected chi connectivity index (χ2v) is 9.04. The Bertz CT molecular complexity index is 340. The van der Waals surface area contributed by atoms with Gasteiger partial charge in [-0.2, -0.15) is 11.8 Å². The summed E-state index contributed by atoms with van der Waals surface area (Å²) in [6.45, 7) is 11.1. The fourth-order valence-corrected chi connectivity index (χ4v) is 4.69. The quantitative estimate of drug-likeness (QED) is 0.725. The van der Waals surface area contributed by atoms with Crippen molar-refractivity contribution >= 4 is 11.8 Å². The van der Waals surface area contributed by atoms with Crippen LogP contribution in [0.4, 0.5) is 0 Å². The molecule has 1 heterocycles. The van der Waals surface area contributed by atoms with Crippen molar-refractivity contribution in [3.8, 4) is 0 Å². The predicted octanol–water partition coefficient (Wildman–Crippen LogP) is 3.37. The van der Waals surface area contributed by atoms with E-state index >= 15 is 0 Å². The Kier molecular flexibility index (Phi) is 4.41. The number of piperazine rings is 1. The summed E-state index contributed by atoms with van der Waals surface area (Å²) in [5, 5.41) is 3.95. The first kappa shape index (κ1) is 15.2. The van der Waals surface area contributed by atoms with Crippen molar-refractivity contribution in [1.82, 2.24) is 10.2 Å². The van der Waals surface area contributed by atoms with Crippen LogP contribution in [0.1, 0.15) is 52.9 Å². The van der Waals surface area contributed by atoms with E-state index in [4.69, 9.17) is 0 Å². The van der Waals surface area contributed by atoms with Crippen molar-refractivity contribution in [3.05, 3.63) is 0 Å². The smallest absolute Gasteiger partial charge is 0.0334 e. The van der Waals surface area contributed by atoms with Gasteiger partial charge in [-0.1, -0.05) is 6.92 Å². The normalized spacial score (nSPS) is 39.1. The van der Waals surface area contributed by atoms with Crippen molar-refractivity contribution in [1.29, 1.82) is 0 Å². The lowest BCUT2D eigenvalue weighted by Crippen LogP contribution is -2.69. The Hall–Kier alpha value is 0.270. The Labute approximate surface area is 129 Å². The minimum atomic E-state index is 0.395. The summed E-state index contributed by atoms with van der Waals surface area (Å²) in [5.41, 5.74) is 0.831. The lowest BCUT2D eigenvalue weighted by molar-refractivity contribution is -0.000354. The molecule has 2 saturated carbocycles. The third kappa shape index (κ3) is 3.05. The van der Waals surface area contributed by atoms with Crippen LogP contribution in [0.3, 0.4) is 0 Å². The summed E-state index contributed by atoms with van der Waals surface area (Å²) in [7, 11) is 0. The van der Waals surface area contributed by atoms with Crippen LogP contribution in [0, 0.1) is 11.8 Å². The molecule has 2 atom stereocenters. The van der Waals surface area contributed by atoms with Gasteiger partial charge in [-0.3, -0.25) is 4.90 Å². The topological polar surface area (TPSA) is 15.3 Å². The second kappa shape index (κ2) is 5.81. The highest BCUT2D eigenvalue weighted by Crippen LogP contribution is 2.48. The third-order valence-corrected chi connectivity index (χ3v) is 6.93. The number of hydrogen-bond donors (Lipinski definition) is 1. The molecule has 1 N–H and O–H groups in total. The highest BCUT2D eigenvalue weighted by atomic mass is 32.2. The molecule has 20 heavy (non-hydrogen) atoms. The van der Waals surface area contributed by atoms with Crippen LogP contribution in [0.25, 0.3) is 0 Å². The monoisotopic (exact) mass is 296 g/mol. The maximum Gasteiger partial charge on any atom is 0.0334 e. The highest BCUT2D eigenvalue weighted by molar-refractivity contribution is 7.99. The summed E-state index contributed by atoms with van der Waals surface area (Å²) in [6, 6.07) is 0. The van der Waals surface area contributed by atoms with Gasteiger partial charge in [-0.15, -0.1) is 0 Å². The van der Waals surface area contributed by atoms with Gasteiger partial charge in [0.25, 0.3) is 0 Å². The summed E-state index contributed by atoms with van der Waals surface area (Å²) in [5.74, 6) is 4.50. The van der Waals surface area contributed by atoms with Crippen LogP contribution in [0.15, 0.2) is 0 Å². The van der Waals surface area contributed by atoms with Crippen molar-refractivity contribution in [3.63, 3.8) is 0 Å². The van der Waals surface area contributed by atoms with Gasteiger partial charge >= 0.3 is 0 Å². The molecule has 2 aliphatic carbocycles. The number of rotatable bonds is 7. The second-order valence-electron chi connectivity index (χ2n) is 7.65. The van der Waals surface area contributed by atoms with Crippen LogP contribution >= 0.6 is 11.8 Å². The van der Waals surface area contributed by atoms with Gasteiger partial charge in [0.05, 0.1) is 0 Å². The first-order chi connectivity index (χ1) is 9.58. The van der Waals surface area contributed by atoms with E-state index < -0.39 is 0 Å². The minimum Gasteiger partial charge on any atom is -0.308 e. The van der Waals surface area contributed by atoms with Gasteiger partial charge in [-0.05, 0) is 75.8 Å².